The molecule has 0 saturated carbocycles. The van der Waals surface area contributed by atoms with Gasteiger partial charge in [0.2, 0.25) is 0 Å². The number of ketones is 1. The Morgan fingerprint density at radius 1 is 1.17 bits per heavy atom. The molecule has 24 heavy (non-hydrogen) atoms. The van der Waals surface area contributed by atoms with Gasteiger partial charge in [-0.05, 0) is 42.8 Å². The van der Waals surface area contributed by atoms with Crippen LogP contribution in [0.25, 0.3) is 0 Å². The summed E-state index contributed by atoms with van der Waals surface area (Å²) in [5.41, 5.74) is 6.55. The third-order valence-electron chi connectivity index (χ3n) is 3.47. The van der Waals surface area contributed by atoms with Gasteiger partial charge in [-0.2, -0.15) is 0 Å². The molecule has 0 spiro atoms. The maximum atomic E-state index is 12.8. The zero-order valence-electron chi connectivity index (χ0n) is 13.2. The van der Waals surface area contributed by atoms with E-state index >= 15 is 0 Å². The Morgan fingerprint density at radius 3 is 2.42 bits per heavy atom. The van der Waals surface area contributed by atoms with Crippen LogP contribution in [0.4, 0.5) is 5.69 Å². The zero-order chi connectivity index (χ0) is 17.7. The zero-order valence-corrected chi connectivity index (χ0v) is 14.0. The molecule has 5 nitrogen and oxygen atoms in total. The summed E-state index contributed by atoms with van der Waals surface area (Å²) < 4.78 is 5.63. The highest BCUT2D eigenvalue weighted by molar-refractivity contribution is 6.30. The Morgan fingerprint density at radius 2 is 1.83 bits per heavy atom. The average molecular weight is 348 g/mol. The van der Waals surface area contributed by atoms with Crippen LogP contribution in [-0.2, 0) is 0 Å². The molecule has 0 saturated heterocycles. The van der Waals surface area contributed by atoms with E-state index in [0.717, 1.165) is 12.8 Å². The number of rotatable bonds is 7. The number of benzene rings is 2. The van der Waals surface area contributed by atoms with Gasteiger partial charge in [-0.3, -0.25) is 4.79 Å². The number of halogens is 1. The summed E-state index contributed by atoms with van der Waals surface area (Å²) in [6.45, 7) is 2.38. The predicted octanol–water partition coefficient (Wildman–Crippen LogP) is 4.03. The van der Waals surface area contributed by atoms with Crippen LogP contribution in [0.1, 0.15) is 46.0 Å². The fraction of sp³-hybridized carbons (Fsp3) is 0.222. The molecule has 0 radical (unpaired) electrons. The molecule has 0 aliphatic heterocycles. The molecule has 126 valence electrons. The van der Waals surface area contributed by atoms with E-state index in [1.807, 2.05) is 6.92 Å². The van der Waals surface area contributed by atoms with E-state index in [2.05, 4.69) is 0 Å². The van der Waals surface area contributed by atoms with Gasteiger partial charge >= 0.3 is 5.97 Å². The molecule has 0 amide bonds. The van der Waals surface area contributed by atoms with Crippen LogP contribution in [0.15, 0.2) is 36.4 Å². The van der Waals surface area contributed by atoms with Crippen LogP contribution in [0.2, 0.25) is 5.02 Å². The molecular formula is C18H18ClNO4. The lowest BCUT2D eigenvalue weighted by Gasteiger charge is -2.14. The monoisotopic (exact) mass is 347 g/mol. The molecule has 3 N–H and O–H groups in total. The summed E-state index contributed by atoms with van der Waals surface area (Å²) in [5.74, 6) is -1.29. The van der Waals surface area contributed by atoms with Crippen molar-refractivity contribution in [3.63, 3.8) is 0 Å². The number of carbonyl (C=O) groups excluding carboxylic acids is 1. The molecular weight excluding hydrogens is 330 g/mol. The number of anilines is 1. The van der Waals surface area contributed by atoms with E-state index in [1.165, 1.54) is 12.1 Å². The van der Waals surface area contributed by atoms with Gasteiger partial charge in [0.1, 0.15) is 5.75 Å². The van der Waals surface area contributed by atoms with E-state index < -0.39 is 5.97 Å². The smallest absolute Gasteiger partial charge is 0.335 e. The highest BCUT2D eigenvalue weighted by Gasteiger charge is 2.21. The van der Waals surface area contributed by atoms with Crippen LogP contribution in [-0.4, -0.2) is 23.5 Å². The second-order valence-corrected chi connectivity index (χ2v) is 5.72. The molecule has 2 aromatic rings. The van der Waals surface area contributed by atoms with Gasteiger partial charge in [0.05, 0.1) is 17.7 Å². The highest BCUT2D eigenvalue weighted by Crippen LogP contribution is 2.30. The number of aromatic carboxylic acids is 1. The number of hydrogen-bond acceptors (Lipinski definition) is 4. The molecule has 0 heterocycles. The normalized spacial score (nSPS) is 10.4. The summed E-state index contributed by atoms with van der Waals surface area (Å²) in [6, 6.07) is 8.98. The van der Waals surface area contributed by atoms with Gasteiger partial charge < -0.3 is 15.6 Å². The first kappa shape index (κ1) is 17.8. The Labute approximate surface area is 145 Å². The maximum Gasteiger partial charge on any atom is 0.335 e. The molecule has 0 aliphatic carbocycles. The van der Waals surface area contributed by atoms with Crippen molar-refractivity contribution in [2.75, 3.05) is 12.3 Å². The molecule has 0 unspecified atom stereocenters. The van der Waals surface area contributed by atoms with Gasteiger partial charge in [-0.15, -0.1) is 0 Å². The van der Waals surface area contributed by atoms with E-state index in [-0.39, 0.29) is 28.3 Å². The minimum Gasteiger partial charge on any atom is -0.493 e. The molecule has 0 aliphatic rings. The fourth-order valence-corrected chi connectivity index (χ4v) is 2.32. The first-order valence-corrected chi connectivity index (χ1v) is 7.91. The lowest BCUT2D eigenvalue weighted by atomic mass is 9.99. The second kappa shape index (κ2) is 7.84. The highest BCUT2D eigenvalue weighted by atomic mass is 35.5. The van der Waals surface area contributed by atoms with E-state index in [1.54, 1.807) is 24.3 Å². The van der Waals surface area contributed by atoms with Gasteiger partial charge in [0.25, 0.3) is 0 Å². The first-order chi connectivity index (χ1) is 11.4. The average Bonchev–Trinajstić information content (AvgIpc) is 2.54. The minimum atomic E-state index is -1.13. The number of nitrogen functional groups attached to an aromatic ring is 1. The summed E-state index contributed by atoms with van der Waals surface area (Å²) >= 11 is 5.84. The van der Waals surface area contributed by atoms with Gasteiger partial charge in [0.15, 0.2) is 5.78 Å². The van der Waals surface area contributed by atoms with Crippen molar-refractivity contribution in [2.45, 2.75) is 19.8 Å². The van der Waals surface area contributed by atoms with Gasteiger partial charge in [-0.25, -0.2) is 4.79 Å². The van der Waals surface area contributed by atoms with Crippen molar-refractivity contribution in [3.8, 4) is 5.75 Å². The van der Waals surface area contributed by atoms with E-state index in [9.17, 15) is 14.7 Å². The Kier molecular flexibility index (Phi) is 5.82. The Balaban J connectivity index is 2.47. The number of nitrogens with two attached hydrogens (primary N) is 1. The summed E-state index contributed by atoms with van der Waals surface area (Å²) in [6.07, 6.45) is 1.69. The largest absolute Gasteiger partial charge is 0.493 e. The van der Waals surface area contributed by atoms with Crippen molar-refractivity contribution < 1.29 is 19.4 Å². The second-order valence-electron chi connectivity index (χ2n) is 5.28. The molecule has 2 aromatic carbocycles. The summed E-state index contributed by atoms with van der Waals surface area (Å²) in [7, 11) is 0. The standard InChI is InChI=1S/C18H18ClNO4/c1-2-3-8-24-15-10-12(18(22)23)9-14(20)16(15)17(21)11-4-6-13(19)7-5-11/h4-7,9-10H,2-3,8,20H2,1H3,(H,22,23). The number of carbonyl (C=O) groups is 2. The van der Waals surface area contributed by atoms with E-state index in [4.69, 9.17) is 22.1 Å². The lowest BCUT2D eigenvalue weighted by Crippen LogP contribution is -2.11. The Hall–Kier alpha value is -2.53. The van der Waals surface area contributed by atoms with Crippen LogP contribution >= 0.6 is 11.6 Å². The molecule has 0 atom stereocenters. The number of unbranched alkanes of at least 4 members (excludes halogenated alkanes) is 1. The summed E-state index contributed by atoms with van der Waals surface area (Å²) in [5, 5.41) is 9.69. The van der Waals surface area contributed by atoms with Crippen LogP contribution in [0.5, 0.6) is 5.75 Å². The summed E-state index contributed by atoms with van der Waals surface area (Å²) in [4.78, 5) is 24.0. The SMILES string of the molecule is CCCCOc1cc(C(=O)O)cc(N)c1C(=O)c1ccc(Cl)cc1. The quantitative estimate of drug-likeness (QED) is 0.448. The van der Waals surface area contributed by atoms with Crippen molar-refractivity contribution in [1.29, 1.82) is 0 Å². The molecule has 0 aromatic heterocycles. The minimum absolute atomic E-state index is 0.0216. The van der Waals surface area contributed by atoms with Crippen molar-refractivity contribution in [2.24, 2.45) is 0 Å². The van der Waals surface area contributed by atoms with Gasteiger partial charge in [0, 0.05) is 16.3 Å². The predicted molar refractivity (Wildman–Crippen MR) is 93.1 cm³/mol. The molecule has 6 heteroatoms. The number of ether oxygens (including phenoxy) is 1. The van der Waals surface area contributed by atoms with E-state index in [0.29, 0.717) is 17.2 Å². The van der Waals surface area contributed by atoms with Gasteiger partial charge in [-0.1, -0.05) is 24.9 Å². The lowest BCUT2D eigenvalue weighted by molar-refractivity contribution is 0.0696. The number of carboxylic acids is 1. The van der Waals surface area contributed by atoms with Crippen LogP contribution in [0.3, 0.4) is 0 Å². The fourth-order valence-electron chi connectivity index (χ4n) is 2.19. The van der Waals surface area contributed by atoms with Crippen LogP contribution in [0, 0.1) is 0 Å². The number of hydrogen-bond donors (Lipinski definition) is 2. The van der Waals surface area contributed by atoms with Crippen molar-refractivity contribution in [1.82, 2.24) is 0 Å². The topological polar surface area (TPSA) is 89.6 Å². The van der Waals surface area contributed by atoms with Crippen LogP contribution < -0.4 is 10.5 Å². The molecule has 2 rings (SSSR count). The van der Waals surface area contributed by atoms with Crippen molar-refractivity contribution >= 4 is 29.0 Å². The molecule has 0 bridgehead atoms. The third kappa shape index (κ3) is 4.06. The first-order valence-electron chi connectivity index (χ1n) is 7.54. The third-order valence-corrected chi connectivity index (χ3v) is 3.72. The number of carboxylic acid groups (broad SMARTS) is 1. The van der Waals surface area contributed by atoms with Crippen molar-refractivity contribution in [3.05, 3.63) is 58.1 Å². The maximum absolute atomic E-state index is 12.8. The molecule has 0 fully saturated rings. The Bertz CT molecular complexity index is 756.